The molecule has 4 nitrogen and oxygen atoms in total. The average Bonchev–Trinajstić information content (AvgIpc) is 2.76. The molecule has 5 heteroatoms. The first kappa shape index (κ1) is 23.0. The molecule has 0 saturated carbocycles. The van der Waals surface area contributed by atoms with Gasteiger partial charge in [-0.2, -0.15) is 4.98 Å². The zero-order valence-electron chi connectivity index (χ0n) is 18.1. The highest BCUT2D eigenvalue weighted by Crippen LogP contribution is 2.35. The molecule has 3 rings (SSSR count). The van der Waals surface area contributed by atoms with E-state index in [4.69, 9.17) is 13.0 Å². The molecule has 27 heavy (non-hydrogen) atoms. The zero-order valence-corrected chi connectivity index (χ0v) is 18.1. The predicted octanol–water partition coefficient (Wildman–Crippen LogP) is 5.27. The Hall–Kier alpha value is -2.04. The molecule has 1 unspecified atom stereocenters. The smallest absolute Gasteiger partial charge is 0.226 e. The quantitative estimate of drug-likeness (QED) is 0.748. The molecule has 2 aromatic rings. The van der Waals surface area contributed by atoms with Crippen LogP contribution < -0.4 is 10.1 Å². The third kappa shape index (κ3) is 5.03. The molecule has 146 valence electrons. The van der Waals surface area contributed by atoms with Crippen molar-refractivity contribution in [1.82, 2.24) is 9.97 Å². The van der Waals surface area contributed by atoms with Gasteiger partial charge in [-0.15, -0.1) is 0 Å². The Balaban J connectivity index is 0.000000855. The molecular weight excluding hydrogens is 331 g/mol. The van der Waals surface area contributed by atoms with Crippen LogP contribution in [0.4, 0.5) is 11.8 Å². The fourth-order valence-corrected chi connectivity index (χ4v) is 3.54. The molecular formula is C22H35BN4. The van der Waals surface area contributed by atoms with Crippen molar-refractivity contribution in [3.8, 4) is 0 Å². The largest absolute Gasteiger partial charge is 0.407 e. The minimum absolute atomic E-state index is 0.301. The van der Waals surface area contributed by atoms with Crippen LogP contribution in [0.5, 0.6) is 0 Å². The number of aryl methyl sites for hydroxylation is 1. The van der Waals surface area contributed by atoms with Crippen molar-refractivity contribution in [2.24, 2.45) is 0 Å². The number of hydrogen-bond acceptors (Lipinski definition) is 4. The number of anilines is 2. The summed E-state index contributed by atoms with van der Waals surface area (Å²) in [5, 5.41) is 2.62. The molecule has 0 bridgehead atoms. The van der Waals surface area contributed by atoms with Crippen LogP contribution in [0.3, 0.4) is 0 Å². The predicted molar refractivity (Wildman–Crippen MR) is 119 cm³/mol. The lowest BCUT2D eigenvalue weighted by Gasteiger charge is -2.37. The molecule has 0 amide bonds. The van der Waals surface area contributed by atoms with E-state index >= 15 is 0 Å². The lowest BCUT2D eigenvalue weighted by atomic mass is 9.93. The maximum Gasteiger partial charge on any atom is 0.226 e. The summed E-state index contributed by atoms with van der Waals surface area (Å²) in [5.74, 6) is 1.52. The van der Waals surface area contributed by atoms with Gasteiger partial charge in [-0.1, -0.05) is 65.8 Å². The van der Waals surface area contributed by atoms with Crippen LogP contribution in [-0.2, 0) is 19.3 Å². The van der Waals surface area contributed by atoms with Crippen LogP contribution in [0, 0.1) is 0 Å². The van der Waals surface area contributed by atoms with Gasteiger partial charge in [0.25, 0.3) is 0 Å². The third-order valence-electron chi connectivity index (χ3n) is 4.76. The number of rotatable bonds is 4. The number of nitrogens with zero attached hydrogens (tertiary/aromatic N) is 3. The van der Waals surface area contributed by atoms with Crippen LogP contribution in [0.2, 0.25) is 0 Å². The number of benzene rings is 1. The van der Waals surface area contributed by atoms with Crippen LogP contribution in [0.1, 0.15) is 76.9 Å². The first-order valence-electron chi connectivity index (χ1n) is 10.4. The highest BCUT2D eigenvalue weighted by atomic mass is 15.2. The van der Waals surface area contributed by atoms with Crippen LogP contribution in [0.15, 0.2) is 24.3 Å². The summed E-state index contributed by atoms with van der Waals surface area (Å²) in [5.41, 5.74) is 5.14. The van der Waals surface area contributed by atoms with E-state index in [1.807, 2.05) is 27.7 Å². The Morgan fingerprint density at radius 2 is 1.74 bits per heavy atom. The van der Waals surface area contributed by atoms with Gasteiger partial charge in [0.2, 0.25) is 13.9 Å². The van der Waals surface area contributed by atoms with Crippen molar-refractivity contribution in [3.63, 3.8) is 0 Å². The normalized spacial score (nSPS) is 14.9. The standard InChI is InChI=1S/C18H23BN4.2C2H6/c1-4-14-16(5-2)20-18(22-19)21-17(14)23-11-10-13-8-6-7-9-15(13)12(23)3;2*1-2/h6-9,12H,4-5,10-11H2,1-3H3,(H,20,21,22);2*1-2H3. The van der Waals surface area contributed by atoms with E-state index < -0.39 is 0 Å². The SMILES string of the molecule is CC.CC.[B]Nc1nc(CC)c(CC)c(N2CCc3ccccc3C2C)n1. The van der Waals surface area contributed by atoms with Crippen molar-refractivity contribution in [2.75, 3.05) is 16.7 Å². The highest BCUT2D eigenvalue weighted by Gasteiger charge is 2.27. The molecule has 2 heterocycles. The number of fused-ring (bicyclic) bond motifs is 1. The van der Waals surface area contributed by atoms with E-state index in [9.17, 15) is 0 Å². The molecule has 0 aliphatic carbocycles. The highest BCUT2D eigenvalue weighted by molar-refractivity contribution is 6.15. The lowest BCUT2D eigenvalue weighted by molar-refractivity contribution is 0.612. The number of aromatic nitrogens is 2. The summed E-state index contributed by atoms with van der Waals surface area (Å²) >= 11 is 0. The van der Waals surface area contributed by atoms with Crippen molar-refractivity contribution in [2.45, 2.75) is 73.8 Å². The Kier molecular flexibility index (Phi) is 9.91. The second-order valence-corrected chi connectivity index (χ2v) is 5.97. The summed E-state index contributed by atoms with van der Waals surface area (Å²) in [6, 6.07) is 8.99. The van der Waals surface area contributed by atoms with Gasteiger partial charge in [0.1, 0.15) is 5.82 Å². The number of nitrogens with one attached hydrogen (secondary N) is 1. The molecule has 0 spiro atoms. The van der Waals surface area contributed by atoms with Crippen molar-refractivity contribution in [1.29, 1.82) is 0 Å². The van der Waals surface area contributed by atoms with E-state index in [1.54, 1.807) is 0 Å². The van der Waals surface area contributed by atoms with E-state index in [0.717, 1.165) is 37.3 Å². The first-order valence-corrected chi connectivity index (χ1v) is 10.4. The van der Waals surface area contributed by atoms with Crippen molar-refractivity contribution >= 4 is 19.7 Å². The van der Waals surface area contributed by atoms with Crippen LogP contribution in [-0.4, -0.2) is 24.5 Å². The second-order valence-electron chi connectivity index (χ2n) is 5.97. The monoisotopic (exact) mass is 366 g/mol. The van der Waals surface area contributed by atoms with Gasteiger partial charge in [0.05, 0.1) is 11.7 Å². The molecule has 1 aromatic heterocycles. The zero-order chi connectivity index (χ0) is 20.4. The molecule has 1 aliphatic heterocycles. The minimum atomic E-state index is 0.301. The van der Waals surface area contributed by atoms with E-state index in [2.05, 4.69) is 60.1 Å². The molecule has 0 fully saturated rings. The van der Waals surface area contributed by atoms with Gasteiger partial charge >= 0.3 is 0 Å². The third-order valence-corrected chi connectivity index (χ3v) is 4.76. The first-order chi connectivity index (χ1) is 13.2. The topological polar surface area (TPSA) is 41.1 Å². The summed E-state index contributed by atoms with van der Waals surface area (Å²) in [6.45, 7) is 15.5. The Morgan fingerprint density at radius 3 is 2.33 bits per heavy atom. The lowest BCUT2D eigenvalue weighted by Crippen LogP contribution is -2.35. The van der Waals surface area contributed by atoms with Gasteiger partial charge in [-0.05, 0) is 37.3 Å². The fourth-order valence-electron chi connectivity index (χ4n) is 3.54. The van der Waals surface area contributed by atoms with Gasteiger partial charge in [0.15, 0.2) is 0 Å². The number of hydrogen-bond donors (Lipinski definition) is 1. The molecule has 1 atom stereocenters. The minimum Gasteiger partial charge on any atom is -0.407 e. The van der Waals surface area contributed by atoms with E-state index in [0.29, 0.717) is 12.0 Å². The molecule has 1 aromatic carbocycles. The molecule has 1 aliphatic rings. The second kappa shape index (κ2) is 11.6. The molecule has 1 N–H and O–H groups in total. The van der Waals surface area contributed by atoms with Crippen LogP contribution >= 0.6 is 0 Å². The van der Waals surface area contributed by atoms with E-state index in [-0.39, 0.29) is 0 Å². The fraction of sp³-hybridized carbons (Fsp3) is 0.545. The molecule has 2 radical (unpaired) electrons. The summed E-state index contributed by atoms with van der Waals surface area (Å²) in [7, 11) is 5.58. The Bertz CT molecular complexity index is 703. The van der Waals surface area contributed by atoms with Gasteiger partial charge < -0.3 is 10.1 Å². The average molecular weight is 366 g/mol. The summed E-state index contributed by atoms with van der Waals surface area (Å²) in [6.07, 6.45) is 2.85. The van der Waals surface area contributed by atoms with Gasteiger partial charge in [-0.3, -0.25) is 0 Å². The Morgan fingerprint density at radius 1 is 1.07 bits per heavy atom. The Labute approximate surface area is 167 Å². The van der Waals surface area contributed by atoms with Gasteiger partial charge in [-0.25, -0.2) is 4.98 Å². The maximum atomic E-state index is 5.58. The summed E-state index contributed by atoms with van der Waals surface area (Å²) in [4.78, 5) is 11.6. The van der Waals surface area contributed by atoms with Gasteiger partial charge in [0, 0.05) is 12.1 Å². The van der Waals surface area contributed by atoms with Crippen LogP contribution in [0.25, 0.3) is 0 Å². The summed E-state index contributed by atoms with van der Waals surface area (Å²) < 4.78 is 0. The van der Waals surface area contributed by atoms with Crippen molar-refractivity contribution < 1.29 is 0 Å². The van der Waals surface area contributed by atoms with E-state index in [1.165, 1.54) is 16.7 Å². The van der Waals surface area contributed by atoms with Crippen molar-refractivity contribution in [3.05, 3.63) is 46.6 Å². The molecule has 0 saturated heterocycles. The maximum absolute atomic E-state index is 5.58.